The minimum absolute atomic E-state index is 0.100. The normalized spacial score (nSPS) is 13.7. The molecule has 6 N–H and O–H groups in total. The lowest BCUT2D eigenvalue weighted by atomic mass is 9.86. The molecule has 16 heteroatoms. The van der Waals surface area contributed by atoms with Gasteiger partial charge in [0.25, 0.3) is 5.79 Å². The van der Waals surface area contributed by atoms with Crippen LogP contribution in [0.4, 0.5) is 18.4 Å². The summed E-state index contributed by atoms with van der Waals surface area (Å²) in [4.78, 5) is 65.5. The molecule has 4 unspecified atom stereocenters. The largest absolute Gasteiger partial charge is 0.359 e. The molecule has 6 amide bonds. The van der Waals surface area contributed by atoms with E-state index >= 15 is 8.78 Å². The van der Waals surface area contributed by atoms with Crippen molar-refractivity contribution in [2.75, 3.05) is 14.1 Å². The van der Waals surface area contributed by atoms with Crippen LogP contribution >= 0.6 is 0 Å². The maximum atomic E-state index is 17.2. The number of halogens is 2. The smallest absolute Gasteiger partial charge is 0.322 e. The first kappa shape index (κ1) is 46.7. The van der Waals surface area contributed by atoms with Crippen LogP contribution in [0.15, 0.2) is 109 Å². The summed E-state index contributed by atoms with van der Waals surface area (Å²) in [7, 11) is 3.00. The number of carbonyl (C=O) groups excluding carboxylic acids is 4. The number of pyridine rings is 2. The second-order valence-electron chi connectivity index (χ2n) is 15.5. The van der Waals surface area contributed by atoms with E-state index in [4.69, 9.17) is 0 Å². The van der Waals surface area contributed by atoms with E-state index in [0.717, 1.165) is 0 Å². The second-order valence-corrected chi connectivity index (χ2v) is 15.5. The molecule has 0 fully saturated rings. The van der Waals surface area contributed by atoms with Gasteiger partial charge in [-0.05, 0) is 60.1 Å². The maximum Gasteiger partial charge on any atom is 0.322 e. The van der Waals surface area contributed by atoms with Gasteiger partial charge in [0.2, 0.25) is 11.8 Å². The zero-order valence-corrected chi connectivity index (χ0v) is 34.8. The monoisotopic (exact) mass is 830 g/mol. The molecule has 0 aliphatic heterocycles. The number of nitrogens with one attached hydrogen (secondary N) is 4. The van der Waals surface area contributed by atoms with Crippen LogP contribution in [0.5, 0.6) is 0 Å². The zero-order chi connectivity index (χ0) is 44.0. The summed E-state index contributed by atoms with van der Waals surface area (Å²) in [6.45, 7) is 6.74. The third-order valence-electron chi connectivity index (χ3n) is 10.0. The molecule has 2 heterocycles. The first-order chi connectivity index (χ1) is 28.4. The predicted octanol–water partition coefficient (Wildman–Crippen LogP) is 4.28. The summed E-state index contributed by atoms with van der Waals surface area (Å²) < 4.78 is 34.5. The van der Waals surface area contributed by atoms with Gasteiger partial charge in [0.05, 0.1) is 30.5 Å². The minimum atomic E-state index is -4.56. The van der Waals surface area contributed by atoms with Crippen molar-refractivity contribution in [3.63, 3.8) is 0 Å². The molecule has 0 aliphatic rings. The number of hydrogen-bond donors (Lipinski definition) is 6. The third-order valence-corrected chi connectivity index (χ3v) is 10.0. The first-order valence-corrected chi connectivity index (χ1v) is 19.7. The molecule has 60 heavy (non-hydrogen) atoms. The fourth-order valence-corrected chi connectivity index (χ4v) is 6.44. The first-order valence-electron chi connectivity index (χ1n) is 19.7. The van der Waals surface area contributed by atoms with Gasteiger partial charge in [-0.2, -0.15) is 8.78 Å². The van der Waals surface area contributed by atoms with Gasteiger partial charge in [-0.25, -0.2) is 9.59 Å². The van der Waals surface area contributed by atoms with E-state index in [1.165, 1.54) is 23.9 Å². The Morgan fingerprint density at radius 3 is 1.32 bits per heavy atom. The Kier molecular flexibility index (Phi) is 16.6. The Labute approximate surface area is 349 Å². The Balaban J connectivity index is 1.64. The molecule has 0 spiro atoms. The van der Waals surface area contributed by atoms with Crippen LogP contribution < -0.4 is 21.3 Å². The Morgan fingerprint density at radius 2 is 0.950 bits per heavy atom. The van der Waals surface area contributed by atoms with Crippen LogP contribution in [-0.4, -0.2) is 104 Å². The van der Waals surface area contributed by atoms with E-state index in [9.17, 15) is 29.4 Å². The van der Waals surface area contributed by atoms with Crippen LogP contribution in [-0.2, 0) is 35.5 Å². The van der Waals surface area contributed by atoms with E-state index in [1.54, 1.807) is 137 Å². The number of aliphatic hydroxyl groups is 2. The van der Waals surface area contributed by atoms with Crippen molar-refractivity contribution in [3.05, 3.63) is 132 Å². The average molecular weight is 831 g/mol. The van der Waals surface area contributed by atoms with Crippen molar-refractivity contribution in [1.29, 1.82) is 0 Å². The molecule has 4 rings (SSSR count). The van der Waals surface area contributed by atoms with Gasteiger partial charge in [0.15, 0.2) is 0 Å². The minimum Gasteiger partial charge on any atom is -0.359 e. The van der Waals surface area contributed by atoms with Crippen molar-refractivity contribution in [1.82, 2.24) is 41.0 Å². The summed E-state index contributed by atoms with van der Waals surface area (Å²) in [6.07, 6.45) is 2.10. The number of urea groups is 2. The molecule has 0 bridgehead atoms. The number of carbonyl (C=O) groups is 4. The highest BCUT2D eigenvalue weighted by atomic mass is 19.3. The van der Waals surface area contributed by atoms with Crippen LogP contribution in [0.2, 0.25) is 0 Å². The van der Waals surface area contributed by atoms with Crippen molar-refractivity contribution in [2.45, 2.75) is 89.5 Å². The Bertz CT molecular complexity index is 1830. The number of aromatic nitrogens is 2. The maximum absolute atomic E-state index is 17.2. The molecule has 322 valence electrons. The van der Waals surface area contributed by atoms with Gasteiger partial charge >= 0.3 is 18.0 Å². The van der Waals surface area contributed by atoms with E-state index in [0.29, 0.717) is 22.5 Å². The average Bonchev–Trinajstić information content (AvgIpc) is 3.22. The van der Waals surface area contributed by atoms with Crippen molar-refractivity contribution in [2.24, 2.45) is 11.8 Å². The molecule has 4 aromatic rings. The van der Waals surface area contributed by atoms with Crippen molar-refractivity contribution < 1.29 is 38.2 Å². The lowest BCUT2D eigenvalue weighted by Gasteiger charge is -2.42. The topological polar surface area (TPSA) is 189 Å². The third kappa shape index (κ3) is 12.7. The molecule has 0 saturated heterocycles. The summed E-state index contributed by atoms with van der Waals surface area (Å²) in [5.41, 5.74) is 1.88. The number of nitrogens with zero attached hydrogens (tertiary/aromatic N) is 4. The molecular formula is C44H56F2N8O6. The highest BCUT2D eigenvalue weighted by Gasteiger charge is 2.62. The van der Waals surface area contributed by atoms with Gasteiger partial charge in [0, 0.05) is 26.5 Å². The fourth-order valence-electron chi connectivity index (χ4n) is 6.44. The standard InChI is InChI=1S/C44H56F2N8O6/c1-29(2)37(51-41(57)53(5)27-33-21-13-15-23-47-33)39(55)49-35(25-31-17-9-7-10-18-31)43(45,46)44(59,60)36(26-32-19-11-8-12-20-32)50-40(56)38(30(3)4)52-42(58)54(6)28-34-22-14-16-24-48-34/h7-24,29-30,35-38,59-60H,25-28H2,1-6H3,(H,49,55)(H,50,56)(H,51,57)(H,52,58). The zero-order valence-electron chi connectivity index (χ0n) is 34.8. The van der Waals surface area contributed by atoms with Crippen molar-refractivity contribution in [3.8, 4) is 0 Å². The molecular weight excluding hydrogens is 775 g/mol. The van der Waals surface area contributed by atoms with E-state index in [1.807, 2.05) is 0 Å². The SMILES string of the molecule is CC(C)C(NC(=O)N(C)Cc1ccccn1)C(=O)NC(Cc1ccccc1)C(O)(O)C(F)(F)C(Cc1ccccc1)NC(=O)C(NC(=O)N(C)Cc1ccccn1)C(C)C. The summed E-state index contributed by atoms with van der Waals surface area (Å²) in [5.74, 6) is -11.7. The molecule has 2 aromatic carbocycles. The lowest BCUT2D eigenvalue weighted by molar-refractivity contribution is -0.316. The molecule has 4 atom stereocenters. The summed E-state index contributed by atoms with van der Waals surface area (Å²) in [6, 6.07) is 18.2. The summed E-state index contributed by atoms with van der Waals surface area (Å²) >= 11 is 0. The number of rotatable bonds is 19. The van der Waals surface area contributed by atoms with Crippen LogP contribution in [0.25, 0.3) is 0 Å². The number of amides is 6. The molecule has 0 saturated carbocycles. The van der Waals surface area contributed by atoms with Gasteiger partial charge in [-0.3, -0.25) is 19.6 Å². The van der Waals surface area contributed by atoms with E-state index < -0.39 is 84.4 Å². The van der Waals surface area contributed by atoms with Gasteiger partial charge in [-0.1, -0.05) is 100 Å². The van der Waals surface area contributed by atoms with Gasteiger partial charge in [0.1, 0.15) is 18.1 Å². The van der Waals surface area contributed by atoms with Crippen LogP contribution in [0, 0.1) is 11.8 Å². The lowest BCUT2D eigenvalue weighted by Crippen LogP contribution is -2.71. The highest BCUT2D eigenvalue weighted by Crippen LogP contribution is 2.36. The highest BCUT2D eigenvalue weighted by molar-refractivity contribution is 5.88. The summed E-state index contributed by atoms with van der Waals surface area (Å²) in [5, 5.41) is 33.6. The molecule has 2 aromatic heterocycles. The van der Waals surface area contributed by atoms with Crippen LogP contribution in [0.3, 0.4) is 0 Å². The van der Waals surface area contributed by atoms with Gasteiger partial charge < -0.3 is 41.3 Å². The fraction of sp³-hybridized carbons (Fsp3) is 0.409. The van der Waals surface area contributed by atoms with Gasteiger partial charge in [-0.15, -0.1) is 0 Å². The van der Waals surface area contributed by atoms with E-state index in [-0.39, 0.29) is 13.1 Å². The van der Waals surface area contributed by atoms with Crippen LogP contribution in [0.1, 0.15) is 50.2 Å². The number of alkyl halides is 2. The Morgan fingerprint density at radius 1 is 0.583 bits per heavy atom. The quantitative estimate of drug-likeness (QED) is 0.0756. The van der Waals surface area contributed by atoms with E-state index in [2.05, 4.69) is 31.2 Å². The predicted molar refractivity (Wildman–Crippen MR) is 222 cm³/mol. The number of hydrogen-bond acceptors (Lipinski definition) is 8. The molecule has 0 aliphatic carbocycles. The molecule has 0 radical (unpaired) electrons. The molecule has 14 nitrogen and oxygen atoms in total. The second kappa shape index (κ2) is 21.3. The Hall–Kier alpha value is -6.00. The number of benzene rings is 2. The van der Waals surface area contributed by atoms with Crippen molar-refractivity contribution >= 4 is 23.9 Å².